The highest BCUT2D eigenvalue weighted by Crippen LogP contribution is 2.34. The van der Waals surface area contributed by atoms with Gasteiger partial charge in [0.05, 0.1) is 5.69 Å². The number of rotatable bonds is 4. The highest BCUT2D eigenvalue weighted by atomic mass is 32.2. The van der Waals surface area contributed by atoms with Crippen LogP contribution in [0.5, 0.6) is 11.5 Å². The third-order valence-corrected chi connectivity index (χ3v) is 3.99. The highest BCUT2D eigenvalue weighted by Gasteiger charge is 2.15. The summed E-state index contributed by atoms with van der Waals surface area (Å²) in [6.45, 7) is 5.92. The van der Waals surface area contributed by atoms with Gasteiger partial charge in [-0.25, -0.2) is 0 Å². The summed E-state index contributed by atoms with van der Waals surface area (Å²) in [4.78, 5) is 0.951. The first-order valence-electron chi connectivity index (χ1n) is 6.42. The highest BCUT2D eigenvalue weighted by molar-refractivity contribution is 7.99. The number of ether oxygens (including phenoxy) is 1. The van der Waals surface area contributed by atoms with E-state index in [2.05, 4.69) is 18.1 Å². The molecule has 0 aliphatic heterocycles. The minimum absolute atomic E-state index is 0.585. The number of benzene rings is 1. The summed E-state index contributed by atoms with van der Waals surface area (Å²) in [7, 11) is 1.88. The Bertz CT molecular complexity index is 670. The van der Waals surface area contributed by atoms with E-state index >= 15 is 0 Å². The van der Waals surface area contributed by atoms with E-state index in [1.165, 1.54) is 0 Å². The van der Waals surface area contributed by atoms with E-state index in [1.54, 1.807) is 16.4 Å². The van der Waals surface area contributed by atoms with Gasteiger partial charge in [0.25, 0.3) is 0 Å². The second-order valence-corrected chi connectivity index (χ2v) is 5.71. The molecule has 2 rings (SSSR count). The average molecular weight is 287 g/mol. The van der Waals surface area contributed by atoms with Gasteiger partial charge in [-0.05, 0) is 31.7 Å². The number of nitriles is 1. The Labute approximate surface area is 123 Å². The molecular weight excluding hydrogens is 270 g/mol. The Morgan fingerprint density at radius 1 is 1.40 bits per heavy atom. The van der Waals surface area contributed by atoms with Crippen LogP contribution in [0, 0.1) is 25.2 Å². The summed E-state index contributed by atoms with van der Waals surface area (Å²) >= 11 is 1.64. The van der Waals surface area contributed by atoms with E-state index in [-0.39, 0.29) is 0 Å². The first-order valence-corrected chi connectivity index (χ1v) is 7.41. The standard InChI is InChI=1S/C15H17N3OS/c1-5-20-14-8-6-7-13(12(14)9-16)19-15-10(2)17-18(4)11(15)3/h6-8H,5H2,1-4H3. The predicted octanol–water partition coefficient (Wildman–Crippen LogP) is 3.81. The van der Waals surface area contributed by atoms with Crippen LogP contribution in [0.3, 0.4) is 0 Å². The molecule has 0 aliphatic rings. The number of nitrogens with zero attached hydrogens (tertiary/aromatic N) is 3. The largest absolute Gasteiger partial charge is 0.452 e. The van der Waals surface area contributed by atoms with Crippen molar-refractivity contribution in [3.8, 4) is 17.6 Å². The van der Waals surface area contributed by atoms with Crippen LogP contribution < -0.4 is 4.74 Å². The van der Waals surface area contributed by atoms with Crippen molar-refractivity contribution in [2.24, 2.45) is 7.05 Å². The molecule has 0 aliphatic carbocycles. The Morgan fingerprint density at radius 2 is 2.15 bits per heavy atom. The molecule has 0 atom stereocenters. The van der Waals surface area contributed by atoms with E-state index < -0.39 is 0 Å². The number of aryl methyl sites for hydroxylation is 2. The number of aromatic nitrogens is 2. The van der Waals surface area contributed by atoms with Crippen LogP contribution in [0.4, 0.5) is 0 Å². The monoisotopic (exact) mass is 287 g/mol. The van der Waals surface area contributed by atoms with Crippen molar-refractivity contribution >= 4 is 11.8 Å². The summed E-state index contributed by atoms with van der Waals surface area (Å²) in [6, 6.07) is 7.92. The molecular formula is C15H17N3OS. The van der Waals surface area contributed by atoms with Gasteiger partial charge in [0.1, 0.15) is 23.1 Å². The third kappa shape index (κ3) is 2.66. The van der Waals surface area contributed by atoms with Gasteiger partial charge >= 0.3 is 0 Å². The van der Waals surface area contributed by atoms with Crippen LogP contribution in [0.1, 0.15) is 23.9 Å². The number of thioether (sulfide) groups is 1. The van der Waals surface area contributed by atoms with Gasteiger partial charge in [-0.15, -0.1) is 11.8 Å². The van der Waals surface area contributed by atoms with E-state index in [0.29, 0.717) is 11.3 Å². The normalized spacial score (nSPS) is 10.3. The Balaban J connectivity index is 2.44. The van der Waals surface area contributed by atoms with Crippen LogP contribution in [-0.4, -0.2) is 15.5 Å². The zero-order valence-corrected chi connectivity index (χ0v) is 12.9. The van der Waals surface area contributed by atoms with Gasteiger partial charge in [0.15, 0.2) is 5.75 Å². The first-order chi connectivity index (χ1) is 9.58. The molecule has 0 bridgehead atoms. The summed E-state index contributed by atoms with van der Waals surface area (Å²) in [5, 5.41) is 13.7. The summed E-state index contributed by atoms with van der Waals surface area (Å²) < 4.78 is 7.73. The molecule has 0 saturated heterocycles. The van der Waals surface area contributed by atoms with Gasteiger partial charge in [-0.1, -0.05) is 13.0 Å². The van der Waals surface area contributed by atoms with Gasteiger partial charge in [0, 0.05) is 11.9 Å². The Hall–Kier alpha value is -1.93. The van der Waals surface area contributed by atoms with Crippen molar-refractivity contribution in [1.29, 1.82) is 5.26 Å². The second-order valence-electron chi connectivity index (χ2n) is 4.40. The van der Waals surface area contributed by atoms with Gasteiger partial charge in [-0.3, -0.25) is 4.68 Å². The molecule has 20 heavy (non-hydrogen) atoms. The third-order valence-electron chi connectivity index (χ3n) is 3.05. The van der Waals surface area contributed by atoms with Crippen molar-refractivity contribution in [1.82, 2.24) is 9.78 Å². The first kappa shape index (κ1) is 14.5. The van der Waals surface area contributed by atoms with Crippen molar-refractivity contribution in [2.75, 3.05) is 5.75 Å². The smallest absolute Gasteiger partial charge is 0.171 e. The minimum atomic E-state index is 0.585. The number of hydrogen-bond acceptors (Lipinski definition) is 4. The van der Waals surface area contributed by atoms with Crippen LogP contribution in [0.25, 0.3) is 0 Å². The molecule has 2 aromatic rings. The van der Waals surface area contributed by atoms with Crippen molar-refractivity contribution in [2.45, 2.75) is 25.7 Å². The maximum atomic E-state index is 9.38. The average Bonchev–Trinajstić information content (AvgIpc) is 2.66. The molecule has 104 valence electrons. The maximum absolute atomic E-state index is 9.38. The lowest BCUT2D eigenvalue weighted by Crippen LogP contribution is -1.94. The lowest BCUT2D eigenvalue weighted by atomic mass is 10.2. The molecule has 1 aromatic carbocycles. The molecule has 4 nitrogen and oxygen atoms in total. The molecule has 1 aromatic heterocycles. The van der Waals surface area contributed by atoms with E-state index in [0.717, 1.165) is 27.8 Å². The SMILES string of the molecule is CCSc1cccc(Oc2c(C)nn(C)c2C)c1C#N. The Kier molecular flexibility index (Phi) is 4.35. The molecule has 0 fully saturated rings. The van der Waals surface area contributed by atoms with E-state index in [9.17, 15) is 5.26 Å². The van der Waals surface area contributed by atoms with Gasteiger partial charge in [-0.2, -0.15) is 10.4 Å². The topological polar surface area (TPSA) is 50.8 Å². The molecule has 0 amide bonds. The molecule has 1 heterocycles. The fourth-order valence-corrected chi connectivity index (χ4v) is 2.77. The number of hydrogen-bond donors (Lipinski definition) is 0. The van der Waals surface area contributed by atoms with E-state index in [4.69, 9.17) is 4.74 Å². The van der Waals surface area contributed by atoms with E-state index in [1.807, 2.05) is 39.1 Å². The zero-order chi connectivity index (χ0) is 14.7. The van der Waals surface area contributed by atoms with Gasteiger partial charge < -0.3 is 4.74 Å². The maximum Gasteiger partial charge on any atom is 0.171 e. The lowest BCUT2D eigenvalue weighted by Gasteiger charge is -2.10. The quantitative estimate of drug-likeness (QED) is 0.802. The van der Waals surface area contributed by atoms with Crippen molar-refractivity contribution < 1.29 is 4.74 Å². The van der Waals surface area contributed by atoms with Crippen molar-refractivity contribution in [3.05, 3.63) is 35.2 Å². The minimum Gasteiger partial charge on any atom is -0.452 e. The van der Waals surface area contributed by atoms with Crippen molar-refractivity contribution in [3.63, 3.8) is 0 Å². The fraction of sp³-hybridized carbons (Fsp3) is 0.333. The zero-order valence-electron chi connectivity index (χ0n) is 12.1. The molecule has 0 spiro atoms. The van der Waals surface area contributed by atoms with Crippen LogP contribution >= 0.6 is 11.8 Å². The fourth-order valence-electron chi connectivity index (χ4n) is 1.99. The van der Waals surface area contributed by atoms with Crippen LogP contribution in [-0.2, 0) is 7.05 Å². The van der Waals surface area contributed by atoms with Crippen LogP contribution in [0.2, 0.25) is 0 Å². The summed E-state index contributed by atoms with van der Waals surface area (Å²) in [6.07, 6.45) is 0. The van der Waals surface area contributed by atoms with Crippen LogP contribution in [0.15, 0.2) is 23.1 Å². The predicted molar refractivity (Wildman–Crippen MR) is 80.3 cm³/mol. The summed E-state index contributed by atoms with van der Waals surface area (Å²) in [5.74, 6) is 2.23. The van der Waals surface area contributed by atoms with Gasteiger partial charge in [0.2, 0.25) is 0 Å². The molecule has 0 unspecified atom stereocenters. The summed E-state index contributed by atoms with van der Waals surface area (Å²) in [5.41, 5.74) is 2.35. The second kappa shape index (κ2) is 6.02. The lowest BCUT2D eigenvalue weighted by molar-refractivity contribution is 0.471. The molecule has 5 heteroatoms. The molecule has 0 radical (unpaired) electrons. The Morgan fingerprint density at radius 3 is 2.70 bits per heavy atom. The molecule has 0 N–H and O–H groups in total. The molecule has 0 saturated carbocycles.